The van der Waals surface area contributed by atoms with Gasteiger partial charge in [-0.2, -0.15) is 0 Å². The highest BCUT2D eigenvalue weighted by Crippen LogP contribution is 2.14. The summed E-state index contributed by atoms with van der Waals surface area (Å²) in [7, 11) is 1.56. The van der Waals surface area contributed by atoms with Crippen molar-refractivity contribution in [2.75, 3.05) is 7.11 Å². The second kappa shape index (κ2) is 6.00. The Balaban J connectivity index is 2.84. The van der Waals surface area contributed by atoms with Crippen molar-refractivity contribution in [3.8, 4) is 5.75 Å². The van der Waals surface area contributed by atoms with E-state index in [9.17, 15) is 4.79 Å². The van der Waals surface area contributed by atoms with Crippen LogP contribution >= 0.6 is 12.2 Å². The summed E-state index contributed by atoms with van der Waals surface area (Å²) in [6.45, 7) is 0. The number of nitrogens with zero attached hydrogens (tertiary/aromatic N) is 1. The van der Waals surface area contributed by atoms with Crippen molar-refractivity contribution in [2.45, 2.75) is 12.5 Å². The van der Waals surface area contributed by atoms with Crippen molar-refractivity contribution in [3.63, 3.8) is 0 Å². The Morgan fingerprint density at radius 2 is 2.44 bits per heavy atom. The summed E-state index contributed by atoms with van der Waals surface area (Å²) in [6.07, 6.45) is 0.274. The lowest BCUT2D eigenvalue weighted by atomic mass is 10.1. The number of methoxy groups -OCH3 is 1. The van der Waals surface area contributed by atoms with Crippen molar-refractivity contribution in [1.82, 2.24) is 0 Å². The first-order chi connectivity index (χ1) is 7.67. The van der Waals surface area contributed by atoms with Crippen LogP contribution in [0.4, 0.5) is 0 Å². The fourth-order valence-electron chi connectivity index (χ4n) is 1.27. The first-order valence-corrected chi connectivity index (χ1v) is 5.01. The molecule has 0 aliphatic heterocycles. The molecular formula is C11H11NO3S. The highest BCUT2D eigenvalue weighted by atomic mass is 32.1. The van der Waals surface area contributed by atoms with Gasteiger partial charge in [0, 0.05) is 6.42 Å². The van der Waals surface area contributed by atoms with Crippen LogP contribution in [0.25, 0.3) is 0 Å². The van der Waals surface area contributed by atoms with E-state index >= 15 is 0 Å². The highest BCUT2D eigenvalue weighted by Gasteiger charge is 2.16. The summed E-state index contributed by atoms with van der Waals surface area (Å²) in [5.41, 5.74) is 0.834. The normalized spacial score (nSPS) is 11.3. The van der Waals surface area contributed by atoms with Crippen LogP contribution in [-0.2, 0) is 11.2 Å². The number of ether oxygens (including phenoxy) is 1. The van der Waals surface area contributed by atoms with Crippen LogP contribution in [0.15, 0.2) is 29.3 Å². The molecule has 0 saturated heterocycles. The monoisotopic (exact) mass is 237 g/mol. The largest absolute Gasteiger partial charge is 0.497 e. The molecule has 1 aromatic carbocycles. The van der Waals surface area contributed by atoms with Crippen LogP contribution in [-0.4, -0.2) is 29.4 Å². The van der Waals surface area contributed by atoms with E-state index in [-0.39, 0.29) is 6.42 Å². The zero-order valence-electron chi connectivity index (χ0n) is 8.71. The van der Waals surface area contributed by atoms with Gasteiger partial charge < -0.3 is 9.84 Å². The van der Waals surface area contributed by atoms with Gasteiger partial charge in [-0.25, -0.2) is 9.79 Å². The molecule has 4 nitrogen and oxygen atoms in total. The third-order valence-electron chi connectivity index (χ3n) is 2.06. The summed E-state index contributed by atoms with van der Waals surface area (Å²) in [5, 5.41) is 11.0. The van der Waals surface area contributed by atoms with Gasteiger partial charge in [0.2, 0.25) is 0 Å². The molecule has 0 fully saturated rings. The van der Waals surface area contributed by atoms with Crippen molar-refractivity contribution < 1.29 is 14.6 Å². The van der Waals surface area contributed by atoms with E-state index < -0.39 is 12.0 Å². The van der Waals surface area contributed by atoms with E-state index in [0.29, 0.717) is 5.75 Å². The summed E-state index contributed by atoms with van der Waals surface area (Å²) in [6, 6.07) is 6.30. The Hall–Kier alpha value is -1.71. The standard InChI is InChI=1S/C11H11NO3S/c1-15-9-4-2-3-8(5-9)6-10(11(13)14)12-7-16/h2-5,10H,6H2,1H3,(H,13,14). The second-order valence-corrected chi connectivity index (χ2v) is 3.31. The summed E-state index contributed by atoms with van der Waals surface area (Å²) < 4.78 is 5.04. The van der Waals surface area contributed by atoms with Gasteiger partial charge in [0.1, 0.15) is 5.75 Å². The zero-order valence-corrected chi connectivity index (χ0v) is 9.53. The predicted molar refractivity (Wildman–Crippen MR) is 63.1 cm³/mol. The van der Waals surface area contributed by atoms with Gasteiger partial charge in [-0.15, -0.1) is 0 Å². The SMILES string of the molecule is COc1cccc(CC(N=C=S)C(=O)O)c1. The minimum Gasteiger partial charge on any atom is -0.497 e. The van der Waals surface area contributed by atoms with E-state index in [4.69, 9.17) is 9.84 Å². The van der Waals surface area contributed by atoms with E-state index in [1.165, 1.54) is 0 Å². The molecule has 0 bridgehead atoms. The molecule has 1 unspecified atom stereocenters. The lowest BCUT2D eigenvalue weighted by Crippen LogP contribution is -2.20. The summed E-state index contributed by atoms with van der Waals surface area (Å²) in [4.78, 5) is 14.4. The number of isothiocyanates is 1. The minimum atomic E-state index is -1.01. The molecule has 1 aromatic rings. The maximum atomic E-state index is 10.8. The Bertz CT molecular complexity index is 425. The van der Waals surface area contributed by atoms with Gasteiger partial charge in [0.15, 0.2) is 6.04 Å². The molecule has 0 aliphatic carbocycles. The van der Waals surface area contributed by atoms with E-state index in [0.717, 1.165) is 5.56 Å². The number of aliphatic imine (C=N–C) groups is 1. The van der Waals surface area contributed by atoms with Gasteiger partial charge in [0.05, 0.1) is 12.3 Å². The third kappa shape index (κ3) is 3.46. The Kier molecular flexibility index (Phi) is 4.64. The second-order valence-electron chi connectivity index (χ2n) is 3.13. The first kappa shape index (κ1) is 12.4. The van der Waals surface area contributed by atoms with Crippen LogP contribution in [0.3, 0.4) is 0 Å². The molecule has 0 saturated carbocycles. The van der Waals surface area contributed by atoms with Gasteiger partial charge in [-0.05, 0) is 29.9 Å². The molecule has 1 rings (SSSR count). The smallest absolute Gasteiger partial charge is 0.329 e. The number of aliphatic carboxylic acids is 1. The molecule has 1 atom stereocenters. The maximum absolute atomic E-state index is 10.8. The van der Waals surface area contributed by atoms with Crippen molar-refractivity contribution in [3.05, 3.63) is 29.8 Å². The Morgan fingerprint density at radius 1 is 1.69 bits per heavy atom. The number of rotatable bonds is 5. The molecule has 0 aliphatic rings. The van der Waals surface area contributed by atoms with Crippen LogP contribution in [0, 0.1) is 0 Å². The van der Waals surface area contributed by atoms with Crippen LogP contribution in [0.1, 0.15) is 5.56 Å². The average Bonchev–Trinajstić information content (AvgIpc) is 2.28. The highest BCUT2D eigenvalue weighted by molar-refractivity contribution is 7.78. The summed E-state index contributed by atoms with van der Waals surface area (Å²) >= 11 is 4.41. The lowest BCUT2D eigenvalue weighted by molar-refractivity contribution is -0.138. The molecule has 16 heavy (non-hydrogen) atoms. The third-order valence-corrected chi connectivity index (χ3v) is 2.16. The van der Waals surface area contributed by atoms with Crippen molar-refractivity contribution >= 4 is 23.3 Å². The molecule has 5 heteroatoms. The lowest BCUT2D eigenvalue weighted by Gasteiger charge is -2.07. The predicted octanol–water partition coefficient (Wildman–Crippen LogP) is 1.79. The van der Waals surface area contributed by atoms with Gasteiger partial charge in [0.25, 0.3) is 0 Å². The Morgan fingerprint density at radius 3 is 3.00 bits per heavy atom. The molecule has 0 radical (unpaired) electrons. The van der Waals surface area contributed by atoms with Crippen molar-refractivity contribution in [2.24, 2.45) is 4.99 Å². The van der Waals surface area contributed by atoms with E-state index in [1.807, 2.05) is 6.07 Å². The number of thiocarbonyl (C=S) groups is 1. The quantitative estimate of drug-likeness (QED) is 0.626. The molecular weight excluding hydrogens is 226 g/mol. The van der Waals surface area contributed by atoms with Gasteiger partial charge in [-0.3, -0.25) is 0 Å². The fraction of sp³-hybridized carbons (Fsp3) is 0.273. The topological polar surface area (TPSA) is 58.9 Å². The molecule has 0 spiro atoms. The average molecular weight is 237 g/mol. The van der Waals surface area contributed by atoms with Gasteiger partial charge >= 0.3 is 5.97 Å². The maximum Gasteiger partial charge on any atom is 0.329 e. The molecule has 0 amide bonds. The van der Waals surface area contributed by atoms with E-state index in [2.05, 4.69) is 22.4 Å². The minimum absolute atomic E-state index is 0.274. The first-order valence-electron chi connectivity index (χ1n) is 4.60. The number of hydrogen-bond donors (Lipinski definition) is 1. The number of carboxylic acids is 1. The zero-order chi connectivity index (χ0) is 12.0. The number of carboxylic acid groups (broad SMARTS) is 1. The fourth-order valence-corrected chi connectivity index (χ4v) is 1.40. The molecule has 1 N–H and O–H groups in total. The molecule has 0 heterocycles. The Labute approximate surface area is 98.6 Å². The number of benzene rings is 1. The molecule has 0 aromatic heterocycles. The van der Waals surface area contributed by atoms with Crippen LogP contribution < -0.4 is 4.74 Å². The van der Waals surface area contributed by atoms with Crippen molar-refractivity contribution in [1.29, 1.82) is 0 Å². The van der Waals surface area contributed by atoms with Crippen LogP contribution in [0.5, 0.6) is 5.75 Å². The van der Waals surface area contributed by atoms with Crippen LogP contribution in [0.2, 0.25) is 0 Å². The summed E-state index contributed by atoms with van der Waals surface area (Å²) in [5.74, 6) is -0.326. The molecule has 84 valence electrons. The van der Waals surface area contributed by atoms with Gasteiger partial charge in [-0.1, -0.05) is 12.1 Å². The van der Waals surface area contributed by atoms with E-state index in [1.54, 1.807) is 25.3 Å². The number of hydrogen-bond acceptors (Lipinski definition) is 4. The number of carbonyl (C=O) groups is 1.